The van der Waals surface area contributed by atoms with Gasteiger partial charge in [-0.25, -0.2) is 0 Å². The van der Waals surface area contributed by atoms with Crippen LogP contribution in [-0.2, 0) is 16.1 Å². The molecule has 0 aromatic heterocycles. The molecule has 1 atom stereocenters. The Balaban J connectivity index is 1.83. The van der Waals surface area contributed by atoms with Crippen LogP contribution in [0.1, 0.15) is 60.4 Å². The molecule has 4 rings (SSSR count). The highest BCUT2D eigenvalue weighted by Crippen LogP contribution is 2.49. The maximum atomic E-state index is 13.4. The second-order valence-electron chi connectivity index (χ2n) is 9.97. The minimum absolute atomic E-state index is 0.00911. The summed E-state index contributed by atoms with van der Waals surface area (Å²) in [5.74, 6) is 0.839. The largest absolute Gasteiger partial charge is 0.489 e. The van der Waals surface area contributed by atoms with E-state index in [9.17, 15) is 10.1 Å². The zero-order valence-electron chi connectivity index (χ0n) is 20.2. The molecule has 1 aliphatic carbocycles. The van der Waals surface area contributed by atoms with Crippen molar-refractivity contribution in [3.05, 3.63) is 86.0 Å². The lowest BCUT2D eigenvalue weighted by Gasteiger charge is -2.38. The summed E-state index contributed by atoms with van der Waals surface area (Å²) in [6.07, 6.45) is 1.00. The Hall–Kier alpha value is -3.23. The summed E-state index contributed by atoms with van der Waals surface area (Å²) < 4.78 is 11.9. The molecule has 176 valence electrons. The van der Waals surface area contributed by atoms with Crippen LogP contribution in [0.4, 0.5) is 0 Å². The van der Waals surface area contributed by atoms with Gasteiger partial charge in [0, 0.05) is 23.4 Å². The highest BCUT2D eigenvalue weighted by molar-refractivity contribution is 6.30. The Morgan fingerprint density at radius 3 is 2.50 bits per heavy atom. The molecule has 0 spiro atoms. The topological polar surface area (TPSA) is 85.3 Å². The third-order valence-electron chi connectivity index (χ3n) is 6.75. The molecule has 2 aromatic rings. The van der Waals surface area contributed by atoms with Crippen LogP contribution in [0.3, 0.4) is 0 Å². The predicted octanol–water partition coefficient (Wildman–Crippen LogP) is 6.30. The minimum atomic E-state index is -0.549. The van der Waals surface area contributed by atoms with Crippen molar-refractivity contribution in [2.24, 2.45) is 11.1 Å². The average molecular weight is 477 g/mol. The highest BCUT2D eigenvalue weighted by atomic mass is 35.5. The highest BCUT2D eigenvalue weighted by Gasteiger charge is 2.44. The van der Waals surface area contributed by atoms with Gasteiger partial charge in [0.15, 0.2) is 5.78 Å². The van der Waals surface area contributed by atoms with Crippen LogP contribution in [0.2, 0.25) is 5.02 Å². The zero-order valence-corrected chi connectivity index (χ0v) is 21.0. The van der Waals surface area contributed by atoms with Gasteiger partial charge in [-0.3, -0.25) is 4.79 Å². The van der Waals surface area contributed by atoms with E-state index in [0.29, 0.717) is 41.6 Å². The number of Topliss-reactive ketones (excluding diaryl/α,β-unsaturated/α-hetero) is 1. The molecular formula is C28H29ClN2O3. The van der Waals surface area contributed by atoms with Gasteiger partial charge in [-0.1, -0.05) is 31.5 Å². The molecule has 2 N–H and O–H groups in total. The minimum Gasteiger partial charge on any atom is -0.489 e. The second-order valence-corrected chi connectivity index (χ2v) is 10.4. The number of halogens is 1. The SMILES string of the molecule is Cc1cc(C)c(C2C(C#N)=C(N)OC3=C2C(=O)CC(C)(C)C3)c(C)c1COc1ccc(Cl)cc1. The lowest BCUT2D eigenvalue weighted by molar-refractivity contribution is -0.119. The molecule has 2 aliphatic rings. The molecular weight excluding hydrogens is 448 g/mol. The van der Waals surface area contributed by atoms with Gasteiger partial charge in [-0.2, -0.15) is 5.26 Å². The molecule has 34 heavy (non-hydrogen) atoms. The molecule has 2 aromatic carbocycles. The van der Waals surface area contributed by atoms with Crippen LogP contribution in [0, 0.1) is 37.5 Å². The fraction of sp³-hybridized carbons (Fsp3) is 0.357. The van der Waals surface area contributed by atoms with Crippen molar-refractivity contribution in [2.75, 3.05) is 0 Å². The third-order valence-corrected chi connectivity index (χ3v) is 7.00. The number of nitrogens with zero attached hydrogens (tertiary/aromatic N) is 1. The number of ether oxygens (including phenoxy) is 2. The normalized spacial score (nSPS) is 19.4. The van der Waals surface area contributed by atoms with Crippen molar-refractivity contribution in [2.45, 2.75) is 60.0 Å². The van der Waals surface area contributed by atoms with E-state index < -0.39 is 5.92 Å². The number of benzene rings is 2. The van der Waals surface area contributed by atoms with Crippen LogP contribution < -0.4 is 10.5 Å². The number of carbonyl (C=O) groups is 1. The fourth-order valence-electron chi connectivity index (χ4n) is 5.17. The number of allylic oxidation sites excluding steroid dienone is 3. The van der Waals surface area contributed by atoms with Gasteiger partial charge in [0.05, 0.1) is 5.92 Å². The number of nitriles is 1. The molecule has 6 heteroatoms. The number of rotatable bonds is 4. The summed E-state index contributed by atoms with van der Waals surface area (Å²) in [4.78, 5) is 13.4. The predicted molar refractivity (Wildman–Crippen MR) is 132 cm³/mol. The summed E-state index contributed by atoms with van der Waals surface area (Å²) in [5.41, 5.74) is 11.9. The first-order chi connectivity index (χ1) is 16.0. The van der Waals surface area contributed by atoms with Gasteiger partial charge in [0.1, 0.15) is 29.8 Å². The first-order valence-electron chi connectivity index (χ1n) is 11.3. The van der Waals surface area contributed by atoms with Gasteiger partial charge in [0.2, 0.25) is 5.88 Å². The van der Waals surface area contributed by atoms with Crippen LogP contribution in [0.15, 0.2) is 53.1 Å². The van der Waals surface area contributed by atoms with E-state index in [1.165, 1.54) is 0 Å². The Bertz CT molecular complexity index is 1280. The molecule has 1 aliphatic heterocycles. The van der Waals surface area contributed by atoms with E-state index in [4.69, 9.17) is 26.8 Å². The quantitative estimate of drug-likeness (QED) is 0.560. The summed E-state index contributed by atoms with van der Waals surface area (Å²) in [6.45, 7) is 10.5. The van der Waals surface area contributed by atoms with Crippen LogP contribution in [0.5, 0.6) is 5.75 Å². The van der Waals surface area contributed by atoms with E-state index >= 15 is 0 Å². The molecule has 0 saturated carbocycles. The lowest BCUT2D eigenvalue weighted by Crippen LogP contribution is -2.34. The van der Waals surface area contributed by atoms with Crippen molar-refractivity contribution in [1.82, 2.24) is 0 Å². The average Bonchev–Trinajstić information content (AvgIpc) is 2.73. The van der Waals surface area contributed by atoms with E-state index in [1.54, 1.807) is 12.1 Å². The van der Waals surface area contributed by atoms with Crippen LogP contribution >= 0.6 is 11.6 Å². The molecule has 1 unspecified atom stereocenters. The second kappa shape index (κ2) is 8.85. The van der Waals surface area contributed by atoms with Gasteiger partial charge in [-0.05, 0) is 78.3 Å². The Morgan fingerprint density at radius 2 is 1.85 bits per heavy atom. The van der Waals surface area contributed by atoms with Gasteiger partial charge < -0.3 is 15.2 Å². The van der Waals surface area contributed by atoms with Crippen molar-refractivity contribution < 1.29 is 14.3 Å². The number of ketones is 1. The van der Waals surface area contributed by atoms with Crippen LogP contribution in [-0.4, -0.2) is 5.78 Å². The maximum Gasteiger partial charge on any atom is 0.205 e. The Labute approximate surface area is 205 Å². The first kappa shape index (κ1) is 23.9. The van der Waals surface area contributed by atoms with E-state index in [2.05, 4.69) is 12.1 Å². The zero-order chi connectivity index (χ0) is 24.8. The molecule has 0 bridgehead atoms. The fourth-order valence-corrected chi connectivity index (χ4v) is 5.30. The number of nitrogens with two attached hydrogens (primary N) is 1. The first-order valence-corrected chi connectivity index (χ1v) is 11.7. The van der Waals surface area contributed by atoms with Gasteiger partial charge >= 0.3 is 0 Å². The molecule has 0 radical (unpaired) electrons. The number of hydrogen-bond donors (Lipinski definition) is 1. The lowest BCUT2D eigenvalue weighted by atomic mass is 9.69. The van der Waals surface area contributed by atoms with Crippen molar-refractivity contribution in [1.29, 1.82) is 5.26 Å². The van der Waals surface area contributed by atoms with E-state index in [1.807, 2.05) is 46.8 Å². The monoisotopic (exact) mass is 476 g/mol. The van der Waals surface area contributed by atoms with E-state index in [-0.39, 0.29) is 22.7 Å². The van der Waals surface area contributed by atoms with Gasteiger partial charge in [0.25, 0.3) is 0 Å². The molecule has 0 amide bonds. The van der Waals surface area contributed by atoms with Crippen molar-refractivity contribution in [3.63, 3.8) is 0 Å². The Kier molecular flexibility index (Phi) is 6.22. The number of aryl methyl sites for hydroxylation is 2. The summed E-state index contributed by atoms with van der Waals surface area (Å²) in [7, 11) is 0. The third kappa shape index (κ3) is 4.31. The smallest absolute Gasteiger partial charge is 0.205 e. The van der Waals surface area contributed by atoms with Crippen molar-refractivity contribution >= 4 is 17.4 Å². The molecule has 0 saturated heterocycles. The van der Waals surface area contributed by atoms with E-state index in [0.717, 1.165) is 27.8 Å². The summed E-state index contributed by atoms with van der Waals surface area (Å²) >= 11 is 5.99. The summed E-state index contributed by atoms with van der Waals surface area (Å²) in [5, 5.41) is 10.7. The molecule has 0 fully saturated rings. The summed E-state index contributed by atoms with van der Waals surface area (Å²) in [6, 6.07) is 11.5. The molecule has 1 heterocycles. The van der Waals surface area contributed by atoms with Crippen molar-refractivity contribution in [3.8, 4) is 11.8 Å². The molecule has 5 nitrogen and oxygen atoms in total. The maximum absolute atomic E-state index is 13.4. The van der Waals surface area contributed by atoms with Crippen LogP contribution in [0.25, 0.3) is 0 Å². The Morgan fingerprint density at radius 1 is 1.18 bits per heavy atom. The number of carbonyl (C=O) groups excluding carboxylic acids is 1. The standard InChI is InChI=1S/C28H29ClN2O3/c1-15-10-16(2)24(17(3)21(15)14-33-19-8-6-18(29)7-9-19)25-20(13-30)27(31)34-23-12-28(4,5)11-22(32)26(23)25/h6-10,25H,11-12,14,31H2,1-5H3. The van der Waals surface area contributed by atoms with Gasteiger partial charge in [-0.15, -0.1) is 0 Å². The number of hydrogen-bond acceptors (Lipinski definition) is 5.